The Kier molecular flexibility index (Phi) is 4.74. The van der Waals surface area contributed by atoms with E-state index in [2.05, 4.69) is 0 Å². The Bertz CT molecular complexity index is 564. The molecular weight excluding hydrogens is 283 g/mol. The second kappa shape index (κ2) is 6.17. The van der Waals surface area contributed by atoms with Crippen molar-refractivity contribution in [3.05, 3.63) is 30.1 Å². The number of ether oxygens (including phenoxy) is 1. The number of methoxy groups -OCH3 is 1. The molecule has 1 aliphatic heterocycles. The highest BCUT2D eigenvalue weighted by molar-refractivity contribution is 7.89. The summed E-state index contributed by atoms with van der Waals surface area (Å²) in [6.45, 7) is 0.477. The summed E-state index contributed by atoms with van der Waals surface area (Å²) in [6.07, 6.45) is 1.11. The lowest BCUT2D eigenvalue weighted by Gasteiger charge is -2.37. The monoisotopic (exact) mass is 302 g/mol. The Morgan fingerprint density at radius 3 is 2.75 bits per heavy atom. The highest BCUT2D eigenvalue weighted by Gasteiger charge is 2.37. The van der Waals surface area contributed by atoms with Crippen molar-refractivity contribution < 1.29 is 17.5 Å². The van der Waals surface area contributed by atoms with Gasteiger partial charge in [0.1, 0.15) is 10.7 Å². The maximum atomic E-state index is 13.8. The van der Waals surface area contributed by atoms with Crippen LogP contribution in [0.3, 0.4) is 0 Å². The van der Waals surface area contributed by atoms with E-state index in [1.165, 1.54) is 22.5 Å². The first-order chi connectivity index (χ1) is 9.50. The normalized spacial score (nSPS) is 24.8. The minimum absolute atomic E-state index is 0.00406. The first-order valence-corrected chi connectivity index (χ1v) is 7.94. The molecule has 0 bridgehead atoms. The van der Waals surface area contributed by atoms with Gasteiger partial charge in [0.15, 0.2) is 0 Å². The minimum Gasteiger partial charge on any atom is -0.381 e. The third-order valence-corrected chi connectivity index (χ3v) is 5.63. The molecule has 112 valence electrons. The molecule has 0 spiro atoms. The summed E-state index contributed by atoms with van der Waals surface area (Å²) in [5.41, 5.74) is 5.67. The molecule has 7 heteroatoms. The molecule has 5 nitrogen and oxygen atoms in total. The third kappa shape index (κ3) is 2.85. The van der Waals surface area contributed by atoms with Crippen molar-refractivity contribution in [1.82, 2.24) is 4.31 Å². The molecule has 1 saturated heterocycles. The molecule has 1 heterocycles. The predicted molar refractivity (Wildman–Crippen MR) is 73.2 cm³/mol. The Hall–Kier alpha value is -1.02. The fraction of sp³-hybridized carbons (Fsp3) is 0.538. The number of piperidine rings is 1. The average Bonchev–Trinajstić information content (AvgIpc) is 2.46. The fourth-order valence-corrected chi connectivity index (χ4v) is 4.25. The van der Waals surface area contributed by atoms with Gasteiger partial charge in [-0.15, -0.1) is 0 Å². The molecule has 20 heavy (non-hydrogen) atoms. The molecule has 0 saturated carbocycles. The van der Waals surface area contributed by atoms with Gasteiger partial charge in [0.25, 0.3) is 0 Å². The number of halogens is 1. The van der Waals surface area contributed by atoms with Crippen LogP contribution in [0.5, 0.6) is 0 Å². The largest absolute Gasteiger partial charge is 0.381 e. The first kappa shape index (κ1) is 15.4. The zero-order valence-corrected chi connectivity index (χ0v) is 12.1. The molecule has 2 rings (SSSR count). The molecule has 2 unspecified atom stereocenters. The van der Waals surface area contributed by atoms with E-state index < -0.39 is 15.8 Å². The summed E-state index contributed by atoms with van der Waals surface area (Å²) >= 11 is 0. The van der Waals surface area contributed by atoms with E-state index >= 15 is 0 Å². The van der Waals surface area contributed by atoms with E-state index in [4.69, 9.17) is 10.5 Å². The van der Waals surface area contributed by atoms with Gasteiger partial charge < -0.3 is 10.5 Å². The van der Waals surface area contributed by atoms with Gasteiger partial charge in [-0.1, -0.05) is 12.1 Å². The Balaban J connectivity index is 2.32. The molecule has 1 aromatic rings. The topological polar surface area (TPSA) is 72.6 Å². The summed E-state index contributed by atoms with van der Waals surface area (Å²) in [5.74, 6) is -0.739. The summed E-state index contributed by atoms with van der Waals surface area (Å²) in [4.78, 5) is -0.297. The molecule has 2 atom stereocenters. The van der Waals surface area contributed by atoms with Crippen LogP contribution < -0.4 is 5.73 Å². The number of nitrogens with zero attached hydrogens (tertiary/aromatic N) is 1. The van der Waals surface area contributed by atoms with E-state index in [9.17, 15) is 12.8 Å². The maximum absolute atomic E-state index is 13.8. The van der Waals surface area contributed by atoms with Gasteiger partial charge in [-0.25, -0.2) is 12.8 Å². The van der Waals surface area contributed by atoms with Crippen LogP contribution in [0, 0.1) is 5.82 Å². The van der Waals surface area contributed by atoms with Crippen LogP contribution in [-0.2, 0) is 14.8 Å². The Labute approximate surface area is 118 Å². The van der Waals surface area contributed by atoms with Crippen molar-refractivity contribution in [3.8, 4) is 0 Å². The molecule has 0 aromatic heterocycles. The van der Waals surface area contributed by atoms with Crippen LogP contribution in [0.15, 0.2) is 29.2 Å². The Morgan fingerprint density at radius 1 is 1.45 bits per heavy atom. The Morgan fingerprint density at radius 2 is 2.15 bits per heavy atom. The summed E-state index contributed by atoms with van der Waals surface area (Å²) in [5, 5.41) is 0. The minimum atomic E-state index is -3.86. The van der Waals surface area contributed by atoms with Crippen LogP contribution in [0.25, 0.3) is 0 Å². The molecular formula is C13H19FN2O3S. The van der Waals surface area contributed by atoms with Gasteiger partial charge >= 0.3 is 0 Å². The average molecular weight is 302 g/mol. The highest BCUT2D eigenvalue weighted by atomic mass is 32.2. The van der Waals surface area contributed by atoms with E-state index in [1.807, 2.05) is 0 Å². The van der Waals surface area contributed by atoms with E-state index in [-0.39, 0.29) is 30.1 Å². The highest BCUT2D eigenvalue weighted by Crippen LogP contribution is 2.27. The van der Waals surface area contributed by atoms with Gasteiger partial charge in [-0.3, -0.25) is 0 Å². The molecule has 1 fully saturated rings. The smallest absolute Gasteiger partial charge is 0.246 e. The molecule has 0 radical (unpaired) electrons. The van der Waals surface area contributed by atoms with Crippen molar-refractivity contribution in [2.24, 2.45) is 5.73 Å². The third-order valence-electron chi connectivity index (χ3n) is 3.64. The molecule has 1 aliphatic rings. The molecule has 0 aliphatic carbocycles. The number of rotatable bonds is 4. The number of benzene rings is 1. The molecule has 2 N–H and O–H groups in total. The zero-order chi connectivity index (χ0) is 14.8. The number of hydrogen-bond donors (Lipinski definition) is 1. The van der Waals surface area contributed by atoms with E-state index in [0.29, 0.717) is 12.8 Å². The van der Waals surface area contributed by atoms with Crippen LogP contribution in [0.4, 0.5) is 4.39 Å². The van der Waals surface area contributed by atoms with Crippen LogP contribution in [-0.4, -0.2) is 45.1 Å². The molecule has 0 amide bonds. The van der Waals surface area contributed by atoms with Crippen LogP contribution in [0.2, 0.25) is 0 Å². The zero-order valence-electron chi connectivity index (χ0n) is 11.3. The summed E-state index contributed by atoms with van der Waals surface area (Å²) in [7, 11) is -2.27. The second-order valence-corrected chi connectivity index (χ2v) is 6.68. The number of nitrogens with two attached hydrogens (primary N) is 1. The van der Waals surface area contributed by atoms with E-state index in [0.717, 1.165) is 6.07 Å². The van der Waals surface area contributed by atoms with Crippen molar-refractivity contribution in [3.63, 3.8) is 0 Å². The van der Waals surface area contributed by atoms with Gasteiger partial charge in [-0.05, 0) is 25.0 Å². The SMILES string of the molecule is COC1CCN(S(=O)(=O)c2ccccc2F)C(CN)C1. The summed E-state index contributed by atoms with van der Waals surface area (Å²) in [6, 6.07) is 5.03. The van der Waals surface area contributed by atoms with Crippen molar-refractivity contribution >= 4 is 10.0 Å². The van der Waals surface area contributed by atoms with E-state index in [1.54, 1.807) is 7.11 Å². The lowest BCUT2D eigenvalue weighted by molar-refractivity contribution is 0.0401. The van der Waals surface area contributed by atoms with Crippen LogP contribution >= 0.6 is 0 Å². The lowest BCUT2D eigenvalue weighted by Crippen LogP contribution is -2.51. The van der Waals surface area contributed by atoms with Gasteiger partial charge in [0.05, 0.1) is 6.10 Å². The number of hydrogen-bond acceptors (Lipinski definition) is 4. The van der Waals surface area contributed by atoms with Crippen molar-refractivity contribution in [2.45, 2.75) is 29.9 Å². The van der Waals surface area contributed by atoms with Crippen molar-refractivity contribution in [2.75, 3.05) is 20.2 Å². The van der Waals surface area contributed by atoms with Gasteiger partial charge in [0, 0.05) is 26.2 Å². The summed E-state index contributed by atoms with van der Waals surface area (Å²) < 4.78 is 45.4. The van der Waals surface area contributed by atoms with Crippen molar-refractivity contribution in [1.29, 1.82) is 0 Å². The first-order valence-electron chi connectivity index (χ1n) is 6.50. The number of sulfonamides is 1. The van der Waals surface area contributed by atoms with Crippen LogP contribution in [0.1, 0.15) is 12.8 Å². The van der Waals surface area contributed by atoms with Gasteiger partial charge in [-0.2, -0.15) is 4.31 Å². The van der Waals surface area contributed by atoms with Gasteiger partial charge in [0.2, 0.25) is 10.0 Å². The fourth-order valence-electron chi connectivity index (χ4n) is 2.52. The maximum Gasteiger partial charge on any atom is 0.246 e. The lowest BCUT2D eigenvalue weighted by atomic mass is 10.0. The molecule has 1 aromatic carbocycles. The predicted octanol–water partition coefficient (Wildman–Crippen LogP) is 0.953. The quantitative estimate of drug-likeness (QED) is 0.899. The standard InChI is InChI=1S/C13H19FN2O3S/c1-19-11-6-7-16(10(8-11)9-15)20(17,18)13-5-3-2-4-12(13)14/h2-5,10-11H,6-9,15H2,1H3. The second-order valence-electron chi connectivity index (χ2n) is 4.82.